The van der Waals surface area contributed by atoms with Crippen LogP contribution in [0.5, 0.6) is 0 Å². The van der Waals surface area contributed by atoms with Gasteiger partial charge in [0.1, 0.15) is 5.82 Å². The van der Waals surface area contributed by atoms with E-state index < -0.39 is 17.9 Å². The number of benzene rings is 1. The summed E-state index contributed by atoms with van der Waals surface area (Å²) < 4.78 is 12.7. The van der Waals surface area contributed by atoms with Crippen LogP contribution in [0.3, 0.4) is 0 Å². The number of aliphatic hydroxyl groups excluding tert-OH is 1. The first-order valence-electron chi connectivity index (χ1n) is 3.85. The number of aliphatic hydroxyl groups is 1. The summed E-state index contributed by atoms with van der Waals surface area (Å²) in [4.78, 5) is 10.3. The highest BCUT2D eigenvalue weighted by Gasteiger charge is 2.15. The van der Waals surface area contributed by atoms with Gasteiger partial charge in [-0.2, -0.15) is 0 Å². The second-order valence-corrected chi connectivity index (χ2v) is 3.20. The van der Waals surface area contributed by atoms with Crippen LogP contribution in [0.25, 0.3) is 0 Å². The Balaban J connectivity index is 2.85. The molecule has 0 aliphatic carbocycles. The van der Waals surface area contributed by atoms with E-state index in [2.05, 4.69) is 0 Å². The van der Waals surface area contributed by atoms with E-state index in [9.17, 15) is 9.18 Å². The first-order chi connectivity index (χ1) is 6.50. The molecule has 0 saturated heterocycles. The topological polar surface area (TPSA) is 57.5 Å². The average molecular weight is 219 g/mol. The minimum absolute atomic E-state index is 0.202. The van der Waals surface area contributed by atoms with E-state index in [0.717, 1.165) is 6.07 Å². The highest BCUT2D eigenvalue weighted by molar-refractivity contribution is 6.31. The Hall–Kier alpha value is -1.13. The number of carboxylic acid groups (broad SMARTS) is 1. The number of carboxylic acids is 1. The number of halogens is 2. The van der Waals surface area contributed by atoms with Crippen LogP contribution in [-0.2, 0) is 11.2 Å². The van der Waals surface area contributed by atoms with Gasteiger partial charge in [-0.15, -0.1) is 0 Å². The van der Waals surface area contributed by atoms with Crippen molar-refractivity contribution in [3.8, 4) is 0 Å². The lowest BCUT2D eigenvalue weighted by Gasteiger charge is -2.07. The van der Waals surface area contributed by atoms with Gasteiger partial charge in [0.2, 0.25) is 0 Å². The first-order valence-corrected chi connectivity index (χ1v) is 4.23. The second kappa shape index (κ2) is 4.39. The van der Waals surface area contributed by atoms with Crippen molar-refractivity contribution in [2.75, 3.05) is 0 Å². The minimum Gasteiger partial charge on any atom is -0.479 e. The van der Waals surface area contributed by atoms with Crippen LogP contribution in [0.15, 0.2) is 18.2 Å². The van der Waals surface area contributed by atoms with Crippen molar-refractivity contribution >= 4 is 17.6 Å². The van der Waals surface area contributed by atoms with Crippen LogP contribution in [-0.4, -0.2) is 22.3 Å². The zero-order chi connectivity index (χ0) is 10.7. The molecule has 5 heteroatoms. The summed E-state index contributed by atoms with van der Waals surface area (Å²) in [7, 11) is 0. The number of aliphatic carboxylic acids is 1. The molecule has 76 valence electrons. The lowest BCUT2D eigenvalue weighted by atomic mass is 10.1. The molecule has 0 saturated carbocycles. The molecule has 0 aromatic heterocycles. The van der Waals surface area contributed by atoms with Crippen LogP contribution in [0.2, 0.25) is 5.02 Å². The van der Waals surface area contributed by atoms with Gasteiger partial charge in [-0.25, -0.2) is 9.18 Å². The normalized spacial score (nSPS) is 12.5. The van der Waals surface area contributed by atoms with E-state index in [1.54, 1.807) is 0 Å². The maximum atomic E-state index is 12.7. The van der Waals surface area contributed by atoms with Crippen molar-refractivity contribution in [1.82, 2.24) is 0 Å². The Labute approximate surface area is 84.7 Å². The van der Waals surface area contributed by atoms with Gasteiger partial charge in [0.25, 0.3) is 0 Å². The maximum Gasteiger partial charge on any atom is 0.332 e. The Morgan fingerprint density at radius 3 is 2.79 bits per heavy atom. The molecule has 0 aliphatic rings. The predicted octanol–water partition coefficient (Wildman–Crippen LogP) is 1.47. The SMILES string of the molecule is O=C(O)C(O)Cc1cc(F)ccc1Cl. The maximum absolute atomic E-state index is 12.7. The van der Waals surface area contributed by atoms with Crippen LogP contribution in [0, 0.1) is 5.82 Å². The molecule has 0 heterocycles. The molecule has 3 nitrogen and oxygen atoms in total. The van der Waals surface area contributed by atoms with Crippen molar-refractivity contribution < 1.29 is 19.4 Å². The molecule has 0 radical (unpaired) electrons. The predicted molar refractivity (Wildman–Crippen MR) is 48.8 cm³/mol. The lowest BCUT2D eigenvalue weighted by molar-refractivity contribution is -0.146. The lowest BCUT2D eigenvalue weighted by Crippen LogP contribution is -2.22. The zero-order valence-corrected chi connectivity index (χ0v) is 7.83. The summed E-state index contributed by atoms with van der Waals surface area (Å²) in [5.74, 6) is -1.87. The molecule has 1 atom stereocenters. The van der Waals surface area contributed by atoms with Gasteiger partial charge in [-0.3, -0.25) is 0 Å². The number of carbonyl (C=O) groups is 1. The molecule has 0 fully saturated rings. The Bertz CT molecular complexity index is 354. The molecule has 1 aromatic carbocycles. The summed E-state index contributed by atoms with van der Waals surface area (Å²) in [6, 6.07) is 3.59. The van der Waals surface area contributed by atoms with Crippen molar-refractivity contribution in [3.63, 3.8) is 0 Å². The van der Waals surface area contributed by atoms with Gasteiger partial charge < -0.3 is 10.2 Å². The molecule has 1 aromatic rings. The molecule has 14 heavy (non-hydrogen) atoms. The average Bonchev–Trinajstić information content (AvgIpc) is 2.11. The molecule has 0 aliphatic heterocycles. The van der Waals surface area contributed by atoms with Crippen LogP contribution in [0.4, 0.5) is 4.39 Å². The van der Waals surface area contributed by atoms with E-state index in [-0.39, 0.29) is 17.0 Å². The van der Waals surface area contributed by atoms with Crippen molar-refractivity contribution in [1.29, 1.82) is 0 Å². The Kier molecular flexibility index (Phi) is 3.43. The van der Waals surface area contributed by atoms with E-state index >= 15 is 0 Å². The smallest absolute Gasteiger partial charge is 0.332 e. The largest absolute Gasteiger partial charge is 0.479 e. The molecule has 1 unspecified atom stereocenters. The highest BCUT2D eigenvalue weighted by Crippen LogP contribution is 2.18. The Morgan fingerprint density at radius 2 is 2.21 bits per heavy atom. The third kappa shape index (κ3) is 2.68. The van der Waals surface area contributed by atoms with Gasteiger partial charge in [0.15, 0.2) is 6.10 Å². The van der Waals surface area contributed by atoms with Gasteiger partial charge in [0.05, 0.1) is 0 Å². The number of hydrogen-bond donors (Lipinski definition) is 2. The van der Waals surface area contributed by atoms with Crippen LogP contribution >= 0.6 is 11.6 Å². The van der Waals surface area contributed by atoms with Crippen molar-refractivity contribution in [2.24, 2.45) is 0 Å². The Morgan fingerprint density at radius 1 is 1.57 bits per heavy atom. The third-order valence-electron chi connectivity index (χ3n) is 1.71. The summed E-state index contributed by atoms with van der Waals surface area (Å²) in [5, 5.41) is 17.7. The fraction of sp³-hybridized carbons (Fsp3) is 0.222. The molecule has 1 rings (SSSR count). The van der Waals surface area contributed by atoms with E-state index in [4.69, 9.17) is 21.8 Å². The fourth-order valence-electron chi connectivity index (χ4n) is 0.995. The highest BCUT2D eigenvalue weighted by atomic mass is 35.5. The third-order valence-corrected chi connectivity index (χ3v) is 2.07. The van der Waals surface area contributed by atoms with E-state index in [1.807, 2.05) is 0 Å². The monoisotopic (exact) mass is 218 g/mol. The minimum atomic E-state index is -1.56. The molecule has 0 spiro atoms. The van der Waals surface area contributed by atoms with E-state index in [1.165, 1.54) is 12.1 Å². The van der Waals surface area contributed by atoms with E-state index in [0.29, 0.717) is 0 Å². The molecule has 2 N–H and O–H groups in total. The van der Waals surface area contributed by atoms with Gasteiger partial charge in [0, 0.05) is 11.4 Å². The molecule has 0 bridgehead atoms. The summed E-state index contributed by atoms with van der Waals surface area (Å²) in [6.07, 6.45) is -1.76. The fourth-order valence-corrected chi connectivity index (χ4v) is 1.19. The van der Waals surface area contributed by atoms with Crippen LogP contribution < -0.4 is 0 Å². The summed E-state index contributed by atoms with van der Waals surface area (Å²) >= 11 is 5.67. The first kappa shape index (κ1) is 10.9. The number of rotatable bonds is 3. The van der Waals surface area contributed by atoms with Crippen LogP contribution in [0.1, 0.15) is 5.56 Å². The summed E-state index contributed by atoms with van der Waals surface area (Å²) in [5.41, 5.74) is 0.279. The van der Waals surface area contributed by atoms with Gasteiger partial charge in [-0.05, 0) is 23.8 Å². The van der Waals surface area contributed by atoms with Gasteiger partial charge >= 0.3 is 5.97 Å². The molecular formula is C9H8ClFO3. The number of hydrogen-bond acceptors (Lipinski definition) is 2. The zero-order valence-electron chi connectivity index (χ0n) is 7.08. The quantitative estimate of drug-likeness (QED) is 0.808. The van der Waals surface area contributed by atoms with Gasteiger partial charge in [-0.1, -0.05) is 11.6 Å². The standard InChI is InChI=1S/C9H8ClFO3/c10-7-2-1-6(11)3-5(7)4-8(12)9(13)14/h1-3,8,12H,4H2,(H,13,14). The van der Waals surface area contributed by atoms with Crippen molar-refractivity contribution in [2.45, 2.75) is 12.5 Å². The molecular weight excluding hydrogens is 211 g/mol. The molecule has 0 amide bonds. The van der Waals surface area contributed by atoms with Crippen molar-refractivity contribution in [3.05, 3.63) is 34.6 Å². The second-order valence-electron chi connectivity index (χ2n) is 2.79. The summed E-state index contributed by atoms with van der Waals surface area (Å²) in [6.45, 7) is 0.